The quantitative estimate of drug-likeness (QED) is 0.757. The molecule has 0 saturated heterocycles. The molecule has 2 N–H and O–H groups in total. The molecule has 0 bridgehead atoms. The van der Waals surface area contributed by atoms with Gasteiger partial charge in [0.15, 0.2) is 0 Å². The lowest BCUT2D eigenvalue weighted by Crippen LogP contribution is -1.95. The molecule has 0 amide bonds. The molecule has 3 nitrogen and oxygen atoms in total. The molecule has 0 aliphatic heterocycles. The first-order chi connectivity index (χ1) is 6.19. The summed E-state index contributed by atoms with van der Waals surface area (Å²) in [6, 6.07) is 7.27. The van der Waals surface area contributed by atoms with Gasteiger partial charge in [-0.05, 0) is 33.6 Å². The van der Waals surface area contributed by atoms with Crippen molar-refractivity contribution in [3.8, 4) is 12.1 Å². The number of hydrogen-bond acceptors (Lipinski definition) is 3. The molecule has 1 aromatic rings. The fraction of sp³-hybridized carbons (Fsp3) is 0.111. The number of benzene rings is 1. The minimum absolute atomic E-state index is 0.260. The second-order valence-electron chi connectivity index (χ2n) is 2.48. The minimum atomic E-state index is 0.260. The lowest BCUT2D eigenvalue weighted by atomic mass is 10.1. The van der Waals surface area contributed by atoms with Crippen molar-refractivity contribution in [1.29, 1.82) is 10.5 Å². The highest BCUT2D eigenvalue weighted by Gasteiger charge is 2.04. The molecule has 0 unspecified atom stereocenters. The van der Waals surface area contributed by atoms with Gasteiger partial charge in [0.05, 0.1) is 18.1 Å². The summed E-state index contributed by atoms with van der Waals surface area (Å²) in [5.41, 5.74) is 7.35. The predicted octanol–water partition coefficient (Wildman–Crippen LogP) is 1.97. The van der Waals surface area contributed by atoms with Crippen molar-refractivity contribution in [3.63, 3.8) is 0 Å². The van der Waals surface area contributed by atoms with E-state index in [0.29, 0.717) is 15.7 Å². The highest BCUT2D eigenvalue weighted by atomic mass is 79.9. The molecule has 4 heteroatoms. The summed E-state index contributed by atoms with van der Waals surface area (Å²) in [7, 11) is 0. The molecular weight excluding hydrogens is 230 g/mol. The Morgan fingerprint density at radius 1 is 1.38 bits per heavy atom. The molecule has 0 aliphatic carbocycles. The number of nitrogen functional groups attached to an aromatic ring is 1. The maximum atomic E-state index is 8.66. The van der Waals surface area contributed by atoms with E-state index >= 15 is 0 Å². The van der Waals surface area contributed by atoms with E-state index in [4.69, 9.17) is 16.3 Å². The van der Waals surface area contributed by atoms with Crippen LogP contribution >= 0.6 is 15.9 Å². The zero-order valence-electron chi connectivity index (χ0n) is 6.71. The van der Waals surface area contributed by atoms with Gasteiger partial charge in [-0.1, -0.05) is 0 Å². The van der Waals surface area contributed by atoms with Crippen LogP contribution in [-0.4, -0.2) is 0 Å². The van der Waals surface area contributed by atoms with Crippen molar-refractivity contribution < 1.29 is 0 Å². The number of anilines is 1. The van der Waals surface area contributed by atoms with Gasteiger partial charge in [-0.15, -0.1) is 0 Å². The third-order valence-corrected chi connectivity index (χ3v) is 2.27. The normalized spacial score (nSPS) is 8.85. The van der Waals surface area contributed by atoms with Gasteiger partial charge < -0.3 is 5.73 Å². The molecule has 0 saturated carbocycles. The lowest BCUT2D eigenvalue weighted by Gasteiger charge is -2.03. The summed E-state index contributed by atoms with van der Waals surface area (Å²) in [6.07, 6.45) is 0.260. The van der Waals surface area contributed by atoms with Gasteiger partial charge in [0.25, 0.3) is 0 Å². The highest BCUT2D eigenvalue weighted by molar-refractivity contribution is 9.10. The van der Waals surface area contributed by atoms with Crippen LogP contribution in [0, 0.1) is 22.7 Å². The summed E-state index contributed by atoms with van der Waals surface area (Å²) in [4.78, 5) is 0. The number of nitrogens with zero attached hydrogens (tertiary/aromatic N) is 2. The monoisotopic (exact) mass is 235 g/mol. The van der Waals surface area contributed by atoms with E-state index in [2.05, 4.69) is 15.9 Å². The van der Waals surface area contributed by atoms with Crippen LogP contribution in [-0.2, 0) is 6.42 Å². The van der Waals surface area contributed by atoms with Crippen molar-refractivity contribution in [1.82, 2.24) is 0 Å². The Hall–Kier alpha value is -1.52. The van der Waals surface area contributed by atoms with Crippen molar-refractivity contribution in [2.24, 2.45) is 0 Å². The van der Waals surface area contributed by atoms with Crippen LogP contribution in [0.5, 0.6) is 0 Å². The SMILES string of the molecule is N#CCc1cc(Br)c(C#N)cc1N. The maximum absolute atomic E-state index is 8.66. The molecule has 0 radical (unpaired) electrons. The second-order valence-corrected chi connectivity index (χ2v) is 3.33. The molecule has 1 rings (SSSR count). The molecule has 64 valence electrons. The molecule has 0 atom stereocenters. The van der Waals surface area contributed by atoms with Crippen molar-refractivity contribution in [2.45, 2.75) is 6.42 Å². The van der Waals surface area contributed by atoms with Crippen LogP contribution in [0.15, 0.2) is 16.6 Å². The van der Waals surface area contributed by atoms with Crippen LogP contribution in [0.25, 0.3) is 0 Å². The van der Waals surface area contributed by atoms with Gasteiger partial charge in [0, 0.05) is 10.2 Å². The molecule has 13 heavy (non-hydrogen) atoms. The van der Waals surface area contributed by atoms with Crippen molar-refractivity contribution in [2.75, 3.05) is 5.73 Å². The third kappa shape index (κ3) is 1.99. The van der Waals surface area contributed by atoms with Crippen molar-refractivity contribution in [3.05, 3.63) is 27.7 Å². The van der Waals surface area contributed by atoms with Gasteiger partial charge in [0.1, 0.15) is 6.07 Å². The maximum Gasteiger partial charge on any atom is 0.100 e. The Kier molecular flexibility index (Phi) is 2.89. The molecule has 0 aromatic heterocycles. The summed E-state index contributed by atoms with van der Waals surface area (Å²) >= 11 is 3.22. The second kappa shape index (κ2) is 3.93. The molecule has 0 spiro atoms. The van der Waals surface area contributed by atoms with E-state index in [1.165, 1.54) is 0 Å². The zero-order chi connectivity index (χ0) is 9.84. The number of rotatable bonds is 1. The average Bonchev–Trinajstić information content (AvgIpc) is 2.11. The first-order valence-electron chi connectivity index (χ1n) is 3.54. The van der Waals surface area contributed by atoms with Crippen LogP contribution in [0.2, 0.25) is 0 Å². The first kappa shape index (κ1) is 9.57. The smallest absolute Gasteiger partial charge is 0.100 e. The van der Waals surface area contributed by atoms with Gasteiger partial charge in [0.2, 0.25) is 0 Å². The summed E-state index contributed by atoms with van der Waals surface area (Å²) < 4.78 is 0.675. The third-order valence-electron chi connectivity index (χ3n) is 1.62. The standard InChI is InChI=1S/C9H6BrN3/c10-8-3-6(1-2-11)9(13)4-7(8)5-12/h3-4H,1,13H2. The number of halogens is 1. The minimum Gasteiger partial charge on any atom is -0.398 e. The fourth-order valence-electron chi connectivity index (χ4n) is 0.955. The van der Waals surface area contributed by atoms with E-state index < -0.39 is 0 Å². The first-order valence-corrected chi connectivity index (χ1v) is 4.33. The van der Waals surface area contributed by atoms with Gasteiger partial charge >= 0.3 is 0 Å². The van der Waals surface area contributed by atoms with E-state index in [9.17, 15) is 0 Å². The van der Waals surface area contributed by atoms with Crippen molar-refractivity contribution >= 4 is 21.6 Å². The van der Waals surface area contributed by atoms with E-state index in [1.54, 1.807) is 12.1 Å². The fourth-order valence-corrected chi connectivity index (χ4v) is 1.43. The molecule has 0 aliphatic rings. The zero-order valence-corrected chi connectivity index (χ0v) is 8.30. The number of hydrogen-bond donors (Lipinski definition) is 1. The Balaban J connectivity index is 3.24. The molecule has 0 fully saturated rings. The van der Waals surface area contributed by atoms with Gasteiger partial charge in [-0.3, -0.25) is 0 Å². The Morgan fingerprint density at radius 2 is 2.08 bits per heavy atom. The van der Waals surface area contributed by atoms with Gasteiger partial charge in [-0.2, -0.15) is 10.5 Å². The Bertz CT molecular complexity index is 412. The summed E-state index contributed by atoms with van der Waals surface area (Å²) in [6.45, 7) is 0. The van der Waals surface area contributed by atoms with Crippen LogP contribution in [0.3, 0.4) is 0 Å². The number of nitrogens with two attached hydrogens (primary N) is 1. The van der Waals surface area contributed by atoms with Gasteiger partial charge in [-0.25, -0.2) is 0 Å². The molecule has 1 aromatic carbocycles. The van der Waals surface area contributed by atoms with E-state index in [-0.39, 0.29) is 6.42 Å². The largest absolute Gasteiger partial charge is 0.398 e. The predicted molar refractivity (Wildman–Crippen MR) is 52.6 cm³/mol. The Labute approximate surface area is 84.5 Å². The number of nitriles is 2. The molecule has 0 heterocycles. The van der Waals surface area contributed by atoms with E-state index in [0.717, 1.165) is 5.56 Å². The van der Waals surface area contributed by atoms with E-state index in [1.807, 2.05) is 12.1 Å². The van der Waals surface area contributed by atoms with Crippen LogP contribution in [0.4, 0.5) is 5.69 Å². The lowest BCUT2D eigenvalue weighted by molar-refractivity contribution is 1.26. The topological polar surface area (TPSA) is 73.6 Å². The average molecular weight is 236 g/mol. The Morgan fingerprint density at radius 3 is 2.62 bits per heavy atom. The molecular formula is C9H6BrN3. The van der Waals surface area contributed by atoms with Crippen LogP contribution in [0.1, 0.15) is 11.1 Å². The highest BCUT2D eigenvalue weighted by Crippen LogP contribution is 2.23. The van der Waals surface area contributed by atoms with Crippen LogP contribution < -0.4 is 5.73 Å². The summed E-state index contributed by atoms with van der Waals surface area (Å²) in [5.74, 6) is 0. The summed E-state index contributed by atoms with van der Waals surface area (Å²) in [5, 5.41) is 17.1.